The third-order valence-electron chi connectivity index (χ3n) is 7.26. The van der Waals surface area contributed by atoms with E-state index < -0.39 is 23.6 Å². The van der Waals surface area contributed by atoms with Crippen molar-refractivity contribution in [2.24, 2.45) is 0 Å². The molecular weight excluding hydrogens is 472 g/mol. The van der Waals surface area contributed by atoms with Gasteiger partial charge < -0.3 is 15.1 Å². The molecule has 4 rings (SSSR count). The minimum atomic E-state index is -4.85. The molecule has 2 amide bonds. The minimum Gasteiger partial charge on any atom is -0.320 e. The maximum atomic E-state index is 13.7. The van der Waals surface area contributed by atoms with Gasteiger partial charge in [0.25, 0.3) is 0 Å². The summed E-state index contributed by atoms with van der Waals surface area (Å²) in [5.74, 6) is -1.07. The fraction of sp³-hybridized carbons (Fsp3) is 0.481. The van der Waals surface area contributed by atoms with E-state index in [4.69, 9.17) is 0 Å². The molecule has 192 valence electrons. The Balaban J connectivity index is 1.46. The molecule has 2 aliphatic rings. The van der Waals surface area contributed by atoms with E-state index in [1.165, 1.54) is 0 Å². The number of halogens is 4. The lowest BCUT2D eigenvalue weighted by atomic mass is 9.81. The molecule has 0 atom stereocenters. The highest BCUT2D eigenvalue weighted by molar-refractivity contribution is 5.89. The minimum absolute atomic E-state index is 0.0504. The van der Waals surface area contributed by atoms with Crippen LogP contribution in [-0.4, -0.2) is 48.1 Å². The molecule has 0 bridgehead atoms. The molecule has 2 aromatic carbocycles. The summed E-state index contributed by atoms with van der Waals surface area (Å²) in [6.45, 7) is 3.13. The van der Waals surface area contributed by atoms with Gasteiger partial charge in [0.1, 0.15) is 5.82 Å². The first-order valence-electron chi connectivity index (χ1n) is 12.4. The molecule has 1 aliphatic heterocycles. The van der Waals surface area contributed by atoms with Gasteiger partial charge in [-0.3, -0.25) is 0 Å². The average Bonchev–Trinajstić information content (AvgIpc) is 3.39. The Labute approximate surface area is 208 Å². The number of benzene rings is 2. The number of urea groups is 1. The van der Waals surface area contributed by atoms with Crippen LogP contribution in [-0.2, 0) is 6.18 Å². The third kappa shape index (κ3) is 6.35. The summed E-state index contributed by atoms with van der Waals surface area (Å²) in [6, 6.07) is 11.8. The van der Waals surface area contributed by atoms with Crippen molar-refractivity contribution in [3.8, 4) is 6.07 Å². The van der Waals surface area contributed by atoms with Crippen molar-refractivity contribution in [1.82, 2.24) is 9.80 Å². The van der Waals surface area contributed by atoms with Crippen LogP contribution in [0.25, 0.3) is 0 Å². The van der Waals surface area contributed by atoms with Crippen molar-refractivity contribution in [2.75, 3.05) is 31.5 Å². The molecule has 1 heterocycles. The SMILES string of the molecule is N#Cc1cccc(C2CCC(N(CCN3CCCC3)C(=O)Nc3ccc(F)c(C(F)(F)F)c3)CC2)c1. The van der Waals surface area contributed by atoms with Crippen molar-refractivity contribution in [1.29, 1.82) is 5.26 Å². The van der Waals surface area contributed by atoms with Gasteiger partial charge in [-0.2, -0.15) is 18.4 Å². The maximum Gasteiger partial charge on any atom is 0.419 e. The number of likely N-dealkylation sites (tertiary alicyclic amines) is 1. The Kier molecular flexibility index (Phi) is 8.14. The molecule has 2 fully saturated rings. The highest BCUT2D eigenvalue weighted by atomic mass is 19.4. The summed E-state index contributed by atoms with van der Waals surface area (Å²) in [5.41, 5.74) is 0.260. The number of alkyl halides is 3. The Hall–Kier alpha value is -3.12. The second-order valence-corrected chi connectivity index (χ2v) is 9.61. The summed E-state index contributed by atoms with van der Waals surface area (Å²) >= 11 is 0. The van der Waals surface area contributed by atoms with E-state index in [1.807, 2.05) is 18.2 Å². The standard InChI is InChI=1S/C27H30F4N4O/c28-25-11-8-22(17-24(25)27(29,30)31)33-26(36)35(15-14-34-12-1-2-13-34)23-9-6-20(7-10-23)21-5-3-4-19(16-21)18-32/h3-5,8,11,16-17,20,23H,1-2,6-7,9-10,12-15H2,(H,33,36). The lowest BCUT2D eigenvalue weighted by Gasteiger charge is -2.38. The number of carbonyl (C=O) groups is 1. The normalized spacial score (nSPS) is 20.6. The van der Waals surface area contributed by atoms with Crippen molar-refractivity contribution in [3.05, 3.63) is 65.0 Å². The number of anilines is 1. The molecule has 9 heteroatoms. The molecular formula is C27H30F4N4O. The lowest BCUT2D eigenvalue weighted by Crippen LogP contribution is -2.47. The predicted octanol–water partition coefficient (Wildman–Crippen LogP) is 6.37. The maximum absolute atomic E-state index is 13.7. The van der Waals surface area contributed by atoms with E-state index in [9.17, 15) is 27.6 Å². The molecule has 1 N–H and O–H groups in total. The van der Waals surface area contributed by atoms with Crippen LogP contribution in [0.3, 0.4) is 0 Å². The molecule has 0 spiro atoms. The number of rotatable bonds is 6. The Morgan fingerprint density at radius 1 is 1.08 bits per heavy atom. The summed E-state index contributed by atoms with van der Waals surface area (Å²) in [5, 5.41) is 11.8. The molecule has 0 unspecified atom stereocenters. The van der Waals surface area contributed by atoms with Gasteiger partial charge in [-0.15, -0.1) is 0 Å². The van der Waals surface area contributed by atoms with Gasteiger partial charge in [-0.1, -0.05) is 12.1 Å². The lowest BCUT2D eigenvalue weighted by molar-refractivity contribution is -0.139. The first kappa shape index (κ1) is 26.0. The first-order valence-corrected chi connectivity index (χ1v) is 12.4. The van der Waals surface area contributed by atoms with E-state index >= 15 is 0 Å². The number of hydrogen-bond donors (Lipinski definition) is 1. The van der Waals surface area contributed by atoms with Crippen molar-refractivity contribution >= 4 is 11.7 Å². The average molecular weight is 503 g/mol. The van der Waals surface area contributed by atoms with E-state index in [-0.39, 0.29) is 11.7 Å². The fourth-order valence-electron chi connectivity index (χ4n) is 5.30. The number of amides is 2. The van der Waals surface area contributed by atoms with Gasteiger partial charge in [-0.25, -0.2) is 9.18 Å². The van der Waals surface area contributed by atoms with E-state index in [2.05, 4.69) is 16.3 Å². The van der Waals surface area contributed by atoms with Crippen LogP contribution < -0.4 is 5.32 Å². The van der Waals surface area contributed by atoms with Crippen molar-refractivity contribution in [3.63, 3.8) is 0 Å². The number of nitriles is 1. The third-order valence-corrected chi connectivity index (χ3v) is 7.26. The number of hydrogen-bond acceptors (Lipinski definition) is 3. The zero-order valence-corrected chi connectivity index (χ0v) is 20.0. The van der Waals surface area contributed by atoms with Crippen LogP contribution in [0.15, 0.2) is 42.5 Å². The fourth-order valence-corrected chi connectivity index (χ4v) is 5.30. The highest BCUT2D eigenvalue weighted by Gasteiger charge is 2.35. The molecule has 0 aromatic heterocycles. The van der Waals surface area contributed by atoms with E-state index in [0.717, 1.165) is 69.3 Å². The number of nitrogens with zero attached hydrogens (tertiary/aromatic N) is 3. The smallest absolute Gasteiger partial charge is 0.320 e. The highest BCUT2D eigenvalue weighted by Crippen LogP contribution is 2.36. The van der Waals surface area contributed by atoms with Crippen LogP contribution in [0.2, 0.25) is 0 Å². The topological polar surface area (TPSA) is 59.4 Å². The predicted molar refractivity (Wildman–Crippen MR) is 129 cm³/mol. The Bertz CT molecular complexity index is 1100. The van der Waals surface area contributed by atoms with Gasteiger partial charge >= 0.3 is 12.2 Å². The number of nitrogens with one attached hydrogen (secondary N) is 1. The largest absolute Gasteiger partial charge is 0.419 e. The van der Waals surface area contributed by atoms with Crippen LogP contribution in [0, 0.1) is 17.1 Å². The summed E-state index contributed by atoms with van der Waals surface area (Å²) in [4.78, 5) is 17.3. The van der Waals surface area contributed by atoms with Crippen molar-refractivity contribution < 1.29 is 22.4 Å². The van der Waals surface area contributed by atoms with E-state index in [0.29, 0.717) is 30.6 Å². The molecule has 36 heavy (non-hydrogen) atoms. The van der Waals surface area contributed by atoms with Gasteiger partial charge in [0.2, 0.25) is 0 Å². The molecule has 0 radical (unpaired) electrons. The van der Waals surface area contributed by atoms with Crippen LogP contribution in [0.4, 0.5) is 28.0 Å². The second-order valence-electron chi connectivity index (χ2n) is 9.61. The monoisotopic (exact) mass is 502 g/mol. The van der Waals surface area contributed by atoms with Crippen molar-refractivity contribution in [2.45, 2.75) is 56.7 Å². The second kappa shape index (κ2) is 11.3. The van der Waals surface area contributed by atoms with Crippen LogP contribution in [0.5, 0.6) is 0 Å². The summed E-state index contributed by atoms with van der Waals surface area (Å²) in [6.07, 6.45) is 0.604. The molecule has 1 saturated carbocycles. The Morgan fingerprint density at radius 3 is 2.47 bits per heavy atom. The van der Waals surface area contributed by atoms with Gasteiger partial charge in [-0.05, 0) is 93.4 Å². The first-order chi connectivity index (χ1) is 17.2. The van der Waals surface area contributed by atoms with Crippen LogP contribution >= 0.6 is 0 Å². The van der Waals surface area contributed by atoms with Gasteiger partial charge in [0.15, 0.2) is 0 Å². The zero-order valence-electron chi connectivity index (χ0n) is 20.0. The molecule has 1 aliphatic carbocycles. The zero-order chi connectivity index (χ0) is 25.7. The molecule has 2 aromatic rings. The van der Waals surface area contributed by atoms with Gasteiger partial charge in [0.05, 0.1) is 17.2 Å². The van der Waals surface area contributed by atoms with Crippen LogP contribution in [0.1, 0.15) is 61.1 Å². The van der Waals surface area contributed by atoms with E-state index in [1.54, 1.807) is 11.0 Å². The quantitative estimate of drug-likeness (QED) is 0.467. The molecule has 1 saturated heterocycles. The summed E-state index contributed by atoms with van der Waals surface area (Å²) < 4.78 is 53.1. The molecule has 5 nitrogen and oxygen atoms in total. The van der Waals surface area contributed by atoms with Gasteiger partial charge in [0, 0.05) is 24.8 Å². The summed E-state index contributed by atoms with van der Waals surface area (Å²) in [7, 11) is 0. The number of carbonyl (C=O) groups excluding carboxylic acids is 1. The Morgan fingerprint density at radius 2 is 1.81 bits per heavy atom.